The minimum Gasteiger partial charge on any atom is -0.218 e. The molecular weight excluding hydrogens is 524 g/mol. The molecule has 0 heterocycles. The molecule has 0 atom stereocenters. The van der Waals surface area contributed by atoms with Crippen LogP contribution in [0.3, 0.4) is 0 Å². The first-order chi connectivity index (χ1) is 13.6. The number of rotatable bonds is 2. The Balaban J connectivity index is 4.64. The van der Waals surface area contributed by atoms with Gasteiger partial charge in [-0.1, -0.05) is 0 Å². The van der Waals surface area contributed by atoms with E-state index in [9.17, 15) is 87.8 Å². The van der Waals surface area contributed by atoms with Gasteiger partial charge in [-0.15, -0.1) is 0 Å². The molecule has 0 aromatic carbocycles. The third kappa shape index (κ3) is 3.29. The van der Waals surface area contributed by atoms with Crippen LogP contribution in [-0.2, 0) is 0 Å². The fraction of sp³-hybridized carbons (Fsp3) is 0.667. The molecule has 32 heavy (non-hydrogen) atoms. The molecule has 0 spiro atoms. The lowest BCUT2D eigenvalue weighted by atomic mass is 9.53. The van der Waals surface area contributed by atoms with Gasteiger partial charge in [-0.25, -0.2) is 4.39 Å². The van der Waals surface area contributed by atoms with Crippen molar-refractivity contribution in [1.29, 1.82) is 0 Å². The topological polar surface area (TPSA) is 0 Å². The average molecular weight is 524 g/mol. The average Bonchev–Trinajstić information content (AvgIpc) is 2.38. The SMILES string of the molecule is FC(F)=C(C1=C(C(F)(C(F)(F)F)C(F)(F)F)C(F)(F)C1(C(F)(F)F)C(F)(F)F)C(F)(F)F. The van der Waals surface area contributed by atoms with Gasteiger partial charge in [0.1, 0.15) is 5.57 Å². The molecule has 20 heteroatoms. The van der Waals surface area contributed by atoms with Gasteiger partial charge in [0, 0.05) is 5.57 Å². The Morgan fingerprint density at radius 3 is 1.06 bits per heavy atom. The summed E-state index contributed by atoms with van der Waals surface area (Å²) in [6, 6.07) is 0. The van der Waals surface area contributed by atoms with Crippen LogP contribution in [0.2, 0.25) is 0 Å². The minimum atomic E-state index is -8.04. The summed E-state index contributed by atoms with van der Waals surface area (Å²) in [5.41, 5.74) is -30.8. The number of alkyl halides is 18. The molecule has 0 aliphatic heterocycles. The van der Waals surface area contributed by atoms with E-state index >= 15 is 0 Å². The van der Waals surface area contributed by atoms with Crippen LogP contribution < -0.4 is 0 Å². The van der Waals surface area contributed by atoms with Crippen molar-refractivity contribution in [3.05, 3.63) is 22.8 Å². The molecule has 0 unspecified atom stereocenters. The van der Waals surface area contributed by atoms with Gasteiger partial charge in [0.2, 0.25) is 0 Å². The normalized spacial score (nSPS) is 20.2. The lowest BCUT2D eigenvalue weighted by Gasteiger charge is -2.55. The monoisotopic (exact) mass is 524 g/mol. The summed E-state index contributed by atoms with van der Waals surface area (Å²) >= 11 is 0. The summed E-state index contributed by atoms with van der Waals surface area (Å²) in [5.74, 6) is -7.83. The second kappa shape index (κ2) is 6.80. The Hall–Kier alpha value is -1.92. The maximum atomic E-state index is 14.0. The van der Waals surface area contributed by atoms with E-state index in [0.717, 1.165) is 0 Å². The van der Waals surface area contributed by atoms with Gasteiger partial charge in [0.25, 0.3) is 11.5 Å². The molecule has 0 amide bonds. The van der Waals surface area contributed by atoms with Crippen molar-refractivity contribution >= 4 is 0 Å². The second-order valence-corrected chi connectivity index (χ2v) is 5.86. The van der Waals surface area contributed by atoms with Gasteiger partial charge in [0.15, 0.2) is 0 Å². The number of hydrogen-bond acceptors (Lipinski definition) is 0. The Labute approximate surface area is 160 Å². The maximum absolute atomic E-state index is 14.0. The first-order valence-corrected chi connectivity index (χ1v) is 6.78. The molecule has 0 saturated carbocycles. The predicted octanol–water partition coefficient (Wildman–Crippen LogP) is 7.59. The van der Waals surface area contributed by atoms with Crippen LogP contribution in [0, 0.1) is 5.41 Å². The number of halogens is 20. The zero-order valence-electron chi connectivity index (χ0n) is 13.6. The third-order valence-corrected chi connectivity index (χ3v) is 4.11. The largest absolute Gasteiger partial charge is 0.435 e. The van der Waals surface area contributed by atoms with E-state index in [0.29, 0.717) is 0 Å². The predicted molar refractivity (Wildman–Crippen MR) is 57.8 cm³/mol. The van der Waals surface area contributed by atoms with E-state index in [1.54, 1.807) is 0 Å². The lowest BCUT2D eigenvalue weighted by Crippen LogP contribution is -2.75. The van der Waals surface area contributed by atoms with E-state index in [-0.39, 0.29) is 0 Å². The highest BCUT2D eigenvalue weighted by molar-refractivity contribution is 5.63. The van der Waals surface area contributed by atoms with Crippen LogP contribution in [0.15, 0.2) is 22.8 Å². The van der Waals surface area contributed by atoms with Crippen molar-refractivity contribution < 1.29 is 87.8 Å². The summed E-state index contributed by atoms with van der Waals surface area (Å²) in [6.45, 7) is 0. The molecule has 0 radical (unpaired) electrons. The molecule has 1 rings (SSSR count). The Morgan fingerprint density at radius 2 is 0.875 bits per heavy atom. The fourth-order valence-electron chi connectivity index (χ4n) is 2.92. The maximum Gasteiger partial charge on any atom is 0.435 e. The van der Waals surface area contributed by atoms with Crippen LogP contribution in [0.4, 0.5) is 87.8 Å². The number of hydrogen-bond donors (Lipinski definition) is 0. The van der Waals surface area contributed by atoms with Crippen LogP contribution in [0.5, 0.6) is 0 Å². The molecule has 0 N–H and O–H groups in total. The summed E-state index contributed by atoms with van der Waals surface area (Å²) in [4.78, 5) is 0. The molecule has 0 saturated heterocycles. The molecule has 0 bridgehead atoms. The molecule has 1 aliphatic rings. The van der Waals surface area contributed by atoms with E-state index in [2.05, 4.69) is 0 Å². The zero-order chi connectivity index (χ0) is 26.3. The fourth-order valence-corrected chi connectivity index (χ4v) is 2.92. The Bertz CT molecular complexity index is 785. The van der Waals surface area contributed by atoms with Crippen LogP contribution in [0.1, 0.15) is 0 Å². The molecule has 0 aromatic heterocycles. The van der Waals surface area contributed by atoms with E-state index < -0.39 is 70.7 Å². The highest BCUT2D eigenvalue weighted by Gasteiger charge is 2.96. The van der Waals surface area contributed by atoms with Gasteiger partial charge in [-0.2, -0.15) is 83.4 Å². The molecular formula is C12F20. The van der Waals surface area contributed by atoms with E-state index in [1.807, 2.05) is 0 Å². The van der Waals surface area contributed by atoms with Crippen molar-refractivity contribution in [3.8, 4) is 0 Å². The number of allylic oxidation sites excluding steroid dienone is 3. The molecule has 0 nitrogen and oxygen atoms in total. The molecule has 1 aliphatic carbocycles. The van der Waals surface area contributed by atoms with Crippen LogP contribution in [-0.4, -0.2) is 42.5 Å². The van der Waals surface area contributed by atoms with Gasteiger partial charge < -0.3 is 0 Å². The van der Waals surface area contributed by atoms with Gasteiger partial charge in [0.05, 0.1) is 5.57 Å². The Kier molecular flexibility index (Phi) is 5.97. The van der Waals surface area contributed by atoms with E-state index in [4.69, 9.17) is 0 Å². The van der Waals surface area contributed by atoms with Crippen LogP contribution >= 0.6 is 0 Å². The van der Waals surface area contributed by atoms with Crippen molar-refractivity contribution in [2.75, 3.05) is 0 Å². The standard InChI is InChI=1S/C12F20/c13-4(14)2(8(18,19)20)1-3(6(15,11(27,28)29)12(30,31)32)7(16,17)5(1,9(21,22)23)10(24,25)26. The van der Waals surface area contributed by atoms with E-state index in [1.165, 1.54) is 0 Å². The summed E-state index contributed by atoms with van der Waals surface area (Å²) in [5, 5.41) is 0. The molecule has 0 fully saturated rings. The summed E-state index contributed by atoms with van der Waals surface area (Å²) in [6.07, 6.45) is -44.2. The third-order valence-electron chi connectivity index (χ3n) is 4.11. The van der Waals surface area contributed by atoms with Crippen molar-refractivity contribution in [3.63, 3.8) is 0 Å². The minimum absolute atomic E-state index is 4.88. The van der Waals surface area contributed by atoms with Gasteiger partial charge in [-0.05, 0) is 0 Å². The van der Waals surface area contributed by atoms with Crippen molar-refractivity contribution in [2.24, 2.45) is 5.41 Å². The summed E-state index contributed by atoms with van der Waals surface area (Å²) < 4.78 is 260. The first-order valence-electron chi connectivity index (χ1n) is 6.78. The highest BCUT2D eigenvalue weighted by Crippen LogP contribution is 2.78. The second-order valence-electron chi connectivity index (χ2n) is 5.86. The smallest absolute Gasteiger partial charge is 0.218 e. The van der Waals surface area contributed by atoms with Gasteiger partial charge in [-0.3, -0.25) is 0 Å². The molecule has 188 valence electrons. The highest BCUT2D eigenvalue weighted by atomic mass is 19.4. The molecule has 0 aromatic rings. The van der Waals surface area contributed by atoms with Crippen LogP contribution in [0.25, 0.3) is 0 Å². The lowest BCUT2D eigenvalue weighted by molar-refractivity contribution is -0.407. The zero-order valence-corrected chi connectivity index (χ0v) is 13.6. The summed E-state index contributed by atoms with van der Waals surface area (Å²) in [7, 11) is 0. The quantitative estimate of drug-likeness (QED) is 0.327. The first kappa shape index (κ1) is 28.1. The van der Waals surface area contributed by atoms with Gasteiger partial charge >= 0.3 is 42.5 Å². The Morgan fingerprint density at radius 1 is 0.562 bits per heavy atom. The van der Waals surface area contributed by atoms with Crippen molar-refractivity contribution in [2.45, 2.75) is 42.5 Å². The van der Waals surface area contributed by atoms with Crippen molar-refractivity contribution in [1.82, 2.24) is 0 Å².